The fraction of sp³-hybridized carbons (Fsp3) is 0.524. The second-order valence-corrected chi connectivity index (χ2v) is 7.44. The highest BCUT2D eigenvalue weighted by Gasteiger charge is 2.31. The molecule has 0 unspecified atom stereocenters. The molecule has 0 aliphatic carbocycles. The van der Waals surface area contributed by atoms with E-state index in [1.165, 1.54) is 0 Å². The second kappa shape index (κ2) is 8.67. The van der Waals surface area contributed by atoms with Crippen LogP contribution in [-0.2, 0) is 11.3 Å². The van der Waals surface area contributed by atoms with Crippen molar-refractivity contribution in [1.29, 1.82) is 0 Å². The molecule has 3 rings (SSSR count). The highest BCUT2D eigenvalue weighted by atomic mass is 16.5. The van der Waals surface area contributed by atoms with Gasteiger partial charge in [0.15, 0.2) is 0 Å². The lowest BCUT2D eigenvalue weighted by atomic mass is 9.92. The number of methoxy groups -OCH3 is 1. The minimum atomic E-state index is -0.298. The Morgan fingerprint density at radius 1 is 1.37 bits per heavy atom. The maximum Gasteiger partial charge on any atom is 0.259 e. The van der Waals surface area contributed by atoms with Crippen LogP contribution >= 0.6 is 0 Å². The Bertz CT molecular complexity index is 811. The Labute approximate surface area is 160 Å². The Kier molecular flexibility index (Phi) is 6.29. The number of aromatic nitrogens is 2. The molecule has 2 aromatic rings. The van der Waals surface area contributed by atoms with Crippen molar-refractivity contribution in [3.05, 3.63) is 57.8 Å². The first-order valence-corrected chi connectivity index (χ1v) is 9.59. The van der Waals surface area contributed by atoms with Gasteiger partial charge in [-0.15, -0.1) is 0 Å². The van der Waals surface area contributed by atoms with Crippen LogP contribution in [0.25, 0.3) is 0 Å². The van der Waals surface area contributed by atoms with Gasteiger partial charge in [-0.25, -0.2) is 0 Å². The largest absolute Gasteiger partial charge is 0.507 e. The fourth-order valence-corrected chi connectivity index (χ4v) is 3.87. The molecule has 0 bridgehead atoms. The molecule has 3 heterocycles. The predicted molar refractivity (Wildman–Crippen MR) is 105 cm³/mol. The molecule has 0 radical (unpaired) electrons. The van der Waals surface area contributed by atoms with E-state index in [-0.39, 0.29) is 17.4 Å². The van der Waals surface area contributed by atoms with Crippen LogP contribution < -0.4 is 5.56 Å². The van der Waals surface area contributed by atoms with Gasteiger partial charge in [0.2, 0.25) is 0 Å². The number of nitrogens with zero attached hydrogens (tertiary/aromatic N) is 3. The van der Waals surface area contributed by atoms with E-state index < -0.39 is 0 Å². The summed E-state index contributed by atoms with van der Waals surface area (Å²) in [5, 5.41) is 10.7. The number of aromatic hydroxyl groups is 1. The normalized spacial score (nSPS) is 17.1. The van der Waals surface area contributed by atoms with E-state index in [0.29, 0.717) is 24.6 Å². The maximum atomic E-state index is 13.3. The van der Waals surface area contributed by atoms with Gasteiger partial charge in [-0.2, -0.15) is 0 Å². The summed E-state index contributed by atoms with van der Waals surface area (Å²) in [5.74, 6) is 0.736. The quantitative estimate of drug-likeness (QED) is 0.846. The summed E-state index contributed by atoms with van der Waals surface area (Å²) < 4.78 is 6.85. The molecule has 1 atom stereocenters. The predicted octanol–water partition coefficient (Wildman–Crippen LogP) is 2.73. The number of piperidine rings is 1. The Morgan fingerprint density at radius 2 is 2.11 bits per heavy atom. The van der Waals surface area contributed by atoms with Crippen molar-refractivity contribution in [3.63, 3.8) is 0 Å². The van der Waals surface area contributed by atoms with E-state index in [4.69, 9.17) is 4.74 Å². The Hall–Kier alpha value is -2.18. The third-order valence-corrected chi connectivity index (χ3v) is 5.50. The molecule has 0 saturated carbocycles. The zero-order valence-corrected chi connectivity index (χ0v) is 16.4. The van der Waals surface area contributed by atoms with Crippen molar-refractivity contribution < 1.29 is 9.84 Å². The van der Waals surface area contributed by atoms with Crippen LogP contribution in [-0.4, -0.2) is 46.4 Å². The van der Waals surface area contributed by atoms with Gasteiger partial charge in [0.25, 0.3) is 5.56 Å². The lowest BCUT2D eigenvalue weighted by Gasteiger charge is -2.37. The lowest BCUT2D eigenvalue weighted by molar-refractivity contribution is 0.153. The van der Waals surface area contributed by atoms with E-state index in [1.54, 1.807) is 30.1 Å². The van der Waals surface area contributed by atoms with E-state index in [0.717, 1.165) is 37.2 Å². The summed E-state index contributed by atoms with van der Waals surface area (Å²) in [6, 6.07) is 5.24. The van der Waals surface area contributed by atoms with E-state index in [9.17, 15) is 9.90 Å². The van der Waals surface area contributed by atoms with Crippen molar-refractivity contribution in [2.75, 3.05) is 26.8 Å². The monoisotopic (exact) mass is 371 g/mol. The van der Waals surface area contributed by atoms with Gasteiger partial charge in [-0.3, -0.25) is 14.7 Å². The molecule has 1 saturated heterocycles. The first kappa shape index (κ1) is 19.6. The highest BCUT2D eigenvalue weighted by molar-refractivity contribution is 5.40. The number of rotatable bonds is 6. The van der Waals surface area contributed by atoms with E-state index >= 15 is 0 Å². The van der Waals surface area contributed by atoms with Crippen LogP contribution in [0.2, 0.25) is 0 Å². The molecule has 6 nitrogen and oxygen atoms in total. The topological polar surface area (TPSA) is 67.6 Å². The summed E-state index contributed by atoms with van der Waals surface area (Å²) in [6.07, 6.45) is 5.69. The first-order chi connectivity index (χ1) is 13.0. The maximum absolute atomic E-state index is 13.3. The highest BCUT2D eigenvalue weighted by Crippen LogP contribution is 2.34. The van der Waals surface area contributed by atoms with Gasteiger partial charge in [0, 0.05) is 31.7 Å². The Morgan fingerprint density at radius 3 is 2.74 bits per heavy atom. The van der Waals surface area contributed by atoms with Gasteiger partial charge in [0.1, 0.15) is 5.75 Å². The summed E-state index contributed by atoms with van der Waals surface area (Å²) in [7, 11) is 1.62. The average molecular weight is 371 g/mol. The number of pyridine rings is 2. The standard InChI is InChI=1S/C21H29N3O3/c1-15-6-9-23(10-7-15)20(17-5-4-8-22-14-17)19-18(25)13-16(2)24(21(19)26)11-12-27-3/h4-5,8,13-15,20,25H,6-7,9-12H2,1-3H3/t20-/m1/s1. The molecule has 2 aromatic heterocycles. The number of likely N-dealkylation sites (tertiary alicyclic amines) is 1. The van der Waals surface area contributed by atoms with Crippen molar-refractivity contribution in [3.8, 4) is 5.75 Å². The zero-order chi connectivity index (χ0) is 19.4. The number of hydrogen-bond acceptors (Lipinski definition) is 5. The summed E-state index contributed by atoms with van der Waals surface area (Å²) in [4.78, 5) is 19.9. The summed E-state index contributed by atoms with van der Waals surface area (Å²) in [6.45, 7) is 6.80. The van der Waals surface area contributed by atoms with E-state index in [1.807, 2.05) is 19.1 Å². The van der Waals surface area contributed by atoms with Crippen LogP contribution in [0.5, 0.6) is 5.75 Å². The Balaban J connectivity index is 2.11. The van der Waals surface area contributed by atoms with Crippen molar-refractivity contribution in [2.24, 2.45) is 5.92 Å². The first-order valence-electron chi connectivity index (χ1n) is 9.59. The van der Waals surface area contributed by atoms with Crippen molar-refractivity contribution in [2.45, 2.75) is 39.3 Å². The van der Waals surface area contributed by atoms with E-state index in [2.05, 4.69) is 16.8 Å². The summed E-state index contributed by atoms with van der Waals surface area (Å²) in [5.41, 5.74) is 1.94. The molecule has 1 fully saturated rings. The molecule has 27 heavy (non-hydrogen) atoms. The van der Waals surface area contributed by atoms with Gasteiger partial charge in [-0.05, 0) is 56.5 Å². The smallest absolute Gasteiger partial charge is 0.259 e. The van der Waals surface area contributed by atoms with Crippen LogP contribution in [0, 0.1) is 12.8 Å². The second-order valence-electron chi connectivity index (χ2n) is 7.44. The van der Waals surface area contributed by atoms with Crippen LogP contribution in [0.3, 0.4) is 0 Å². The molecule has 0 aromatic carbocycles. The lowest BCUT2D eigenvalue weighted by Crippen LogP contribution is -2.40. The minimum Gasteiger partial charge on any atom is -0.507 e. The molecule has 0 amide bonds. The molecular formula is C21H29N3O3. The molecule has 6 heteroatoms. The fourth-order valence-electron chi connectivity index (χ4n) is 3.87. The minimum absolute atomic E-state index is 0.0543. The third kappa shape index (κ3) is 4.22. The molecular weight excluding hydrogens is 342 g/mol. The van der Waals surface area contributed by atoms with Crippen LogP contribution in [0.15, 0.2) is 35.4 Å². The van der Waals surface area contributed by atoms with Gasteiger partial charge in [-0.1, -0.05) is 13.0 Å². The average Bonchev–Trinajstić information content (AvgIpc) is 2.66. The SMILES string of the molecule is COCCn1c(C)cc(O)c([C@@H](c2cccnc2)N2CCC(C)CC2)c1=O. The third-order valence-electron chi connectivity index (χ3n) is 5.50. The van der Waals surface area contributed by atoms with Gasteiger partial charge < -0.3 is 14.4 Å². The van der Waals surface area contributed by atoms with Crippen LogP contribution in [0.4, 0.5) is 0 Å². The van der Waals surface area contributed by atoms with Gasteiger partial charge in [0.05, 0.1) is 18.2 Å². The zero-order valence-electron chi connectivity index (χ0n) is 16.4. The van der Waals surface area contributed by atoms with Crippen LogP contribution in [0.1, 0.15) is 42.6 Å². The number of ether oxygens (including phenoxy) is 1. The van der Waals surface area contributed by atoms with Crippen molar-refractivity contribution >= 4 is 0 Å². The molecule has 0 spiro atoms. The summed E-state index contributed by atoms with van der Waals surface area (Å²) >= 11 is 0. The number of hydrogen-bond donors (Lipinski definition) is 1. The molecule has 1 aliphatic heterocycles. The molecule has 146 valence electrons. The number of aryl methyl sites for hydroxylation is 1. The van der Waals surface area contributed by atoms with Crippen molar-refractivity contribution in [1.82, 2.24) is 14.5 Å². The molecule has 1 N–H and O–H groups in total. The molecule has 1 aliphatic rings. The van der Waals surface area contributed by atoms with Gasteiger partial charge >= 0.3 is 0 Å².